The van der Waals surface area contributed by atoms with Crippen molar-refractivity contribution in [3.05, 3.63) is 189 Å². The topological polar surface area (TPSA) is 48.5 Å². The SMILES string of the molecule is C=C/C=C\C=C\n1ccc2ccc3c4ccccc4n(-c4cccc(-c5cccc(-c6nc(-c7ccccc7)nc(-c7ccccc7)n6)c5)c4)c3c21. The first-order valence-electron chi connectivity index (χ1n) is 17.3. The zero-order valence-electron chi connectivity index (χ0n) is 28.3. The van der Waals surface area contributed by atoms with Gasteiger partial charge in [-0.25, -0.2) is 15.0 Å². The van der Waals surface area contributed by atoms with Crippen LogP contribution in [-0.4, -0.2) is 24.1 Å². The van der Waals surface area contributed by atoms with Gasteiger partial charge in [-0.1, -0.05) is 146 Å². The molecule has 246 valence electrons. The molecule has 0 spiro atoms. The Morgan fingerprint density at radius 3 is 1.81 bits per heavy atom. The molecule has 0 unspecified atom stereocenters. The van der Waals surface area contributed by atoms with Crippen molar-refractivity contribution < 1.29 is 0 Å². The molecule has 0 aliphatic carbocycles. The molecule has 0 amide bonds. The molecule has 0 N–H and O–H groups in total. The Balaban J connectivity index is 1.19. The monoisotopic (exact) mass is 667 g/mol. The second-order valence-electron chi connectivity index (χ2n) is 12.6. The van der Waals surface area contributed by atoms with Gasteiger partial charge < -0.3 is 9.13 Å². The van der Waals surface area contributed by atoms with Crippen LogP contribution in [0.3, 0.4) is 0 Å². The molecule has 0 atom stereocenters. The Labute approximate surface area is 301 Å². The van der Waals surface area contributed by atoms with Gasteiger partial charge in [-0.3, -0.25) is 0 Å². The van der Waals surface area contributed by atoms with E-state index >= 15 is 0 Å². The molecule has 3 aromatic heterocycles. The van der Waals surface area contributed by atoms with Crippen LogP contribution in [0.15, 0.2) is 189 Å². The molecular weight excluding hydrogens is 635 g/mol. The standard InChI is InChI=1S/C47H33N5/c1-2-3-4-13-29-51-30-28-33-26-27-41-40-24-11-12-25-42(40)52(44(41)43(33)51)39-23-15-21-37(32-39)36-20-14-22-38(31-36)47-49-45(34-16-7-5-8-17-34)48-46(50-47)35-18-9-6-10-19-35/h2-32H,1H2/b4-3-,29-13+. The Hall–Kier alpha value is -7.11. The fourth-order valence-corrected chi connectivity index (χ4v) is 6.97. The highest BCUT2D eigenvalue weighted by Crippen LogP contribution is 2.38. The molecule has 0 fully saturated rings. The summed E-state index contributed by atoms with van der Waals surface area (Å²) in [5, 5.41) is 3.61. The van der Waals surface area contributed by atoms with E-state index in [2.05, 4.69) is 119 Å². The van der Waals surface area contributed by atoms with Gasteiger partial charge in [-0.2, -0.15) is 0 Å². The van der Waals surface area contributed by atoms with E-state index in [1.165, 1.54) is 21.7 Å². The fraction of sp³-hybridized carbons (Fsp3) is 0. The molecule has 6 aromatic carbocycles. The summed E-state index contributed by atoms with van der Waals surface area (Å²) < 4.78 is 4.60. The summed E-state index contributed by atoms with van der Waals surface area (Å²) in [7, 11) is 0. The summed E-state index contributed by atoms with van der Waals surface area (Å²) in [6.45, 7) is 3.79. The average Bonchev–Trinajstić information content (AvgIpc) is 3.79. The predicted molar refractivity (Wildman–Crippen MR) is 216 cm³/mol. The molecule has 5 nitrogen and oxygen atoms in total. The lowest BCUT2D eigenvalue weighted by Gasteiger charge is -2.13. The normalized spacial score (nSPS) is 11.8. The van der Waals surface area contributed by atoms with Crippen LogP contribution in [0, 0.1) is 0 Å². The summed E-state index contributed by atoms with van der Waals surface area (Å²) in [6.07, 6.45) is 12.0. The Morgan fingerprint density at radius 1 is 0.462 bits per heavy atom. The van der Waals surface area contributed by atoms with Crippen molar-refractivity contribution in [3.63, 3.8) is 0 Å². The van der Waals surface area contributed by atoms with Gasteiger partial charge in [-0.15, -0.1) is 0 Å². The van der Waals surface area contributed by atoms with Crippen LogP contribution in [-0.2, 0) is 0 Å². The maximum atomic E-state index is 4.98. The van der Waals surface area contributed by atoms with Crippen LogP contribution < -0.4 is 0 Å². The van der Waals surface area contributed by atoms with Gasteiger partial charge in [-0.05, 0) is 47.5 Å². The number of fused-ring (bicyclic) bond motifs is 5. The van der Waals surface area contributed by atoms with E-state index in [-0.39, 0.29) is 0 Å². The number of para-hydroxylation sites is 1. The number of nitrogens with zero attached hydrogens (tertiary/aromatic N) is 5. The molecule has 0 saturated carbocycles. The molecule has 0 bridgehead atoms. The van der Waals surface area contributed by atoms with Crippen molar-refractivity contribution in [2.24, 2.45) is 0 Å². The van der Waals surface area contributed by atoms with Gasteiger partial charge in [0.2, 0.25) is 0 Å². The van der Waals surface area contributed by atoms with E-state index < -0.39 is 0 Å². The van der Waals surface area contributed by atoms with Crippen molar-refractivity contribution in [1.82, 2.24) is 24.1 Å². The first kappa shape index (κ1) is 30.9. The third kappa shape index (κ3) is 5.60. The minimum absolute atomic E-state index is 0.632. The first-order chi connectivity index (χ1) is 25.7. The van der Waals surface area contributed by atoms with E-state index in [0.717, 1.165) is 44.5 Å². The van der Waals surface area contributed by atoms with Crippen LogP contribution in [0.25, 0.3) is 89.9 Å². The van der Waals surface area contributed by atoms with E-state index in [1.54, 1.807) is 6.08 Å². The molecule has 3 heterocycles. The highest BCUT2D eigenvalue weighted by atomic mass is 15.0. The number of rotatable bonds is 8. The Kier molecular flexibility index (Phi) is 7.91. The van der Waals surface area contributed by atoms with Gasteiger partial charge in [0.25, 0.3) is 0 Å². The second-order valence-corrected chi connectivity index (χ2v) is 12.6. The van der Waals surface area contributed by atoms with E-state index in [0.29, 0.717) is 17.5 Å². The van der Waals surface area contributed by atoms with Gasteiger partial charge in [0.1, 0.15) is 0 Å². The smallest absolute Gasteiger partial charge is 0.164 e. The lowest BCUT2D eigenvalue weighted by molar-refractivity contribution is 1.07. The van der Waals surface area contributed by atoms with Gasteiger partial charge in [0.05, 0.1) is 16.6 Å². The summed E-state index contributed by atoms with van der Waals surface area (Å²) >= 11 is 0. The van der Waals surface area contributed by atoms with Crippen LogP contribution >= 0.6 is 0 Å². The Bertz CT molecular complexity index is 2750. The van der Waals surface area contributed by atoms with Gasteiger partial charge in [0.15, 0.2) is 17.5 Å². The van der Waals surface area contributed by atoms with Crippen molar-refractivity contribution in [3.8, 4) is 51.0 Å². The predicted octanol–water partition coefficient (Wildman–Crippen LogP) is 11.8. The average molecular weight is 668 g/mol. The van der Waals surface area contributed by atoms with Gasteiger partial charge in [0, 0.05) is 50.9 Å². The minimum Gasteiger partial charge on any atom is -0.321 e. The number of hydrogen-bond acceptors (Lipinski definition) is 3. The van der Waals surface area contributed by atoms with Gasteiger partial charge >= 0.3 is 0 Å². The third-order valence-corrected chi connectivity index (χ3v) is 9.38. The van der Waals surface area contributed by atoms with Crippen molar-refractivity contribution in [2.45, 2.75) is 0 Å². The number of aromatic nitrogens is 5. The summed E-state index contributed by atoms with van der Waals surface area (Å²) in [6, 6.07) is 52.7. The molecular formula is C47H33N5. The van der Waals surface area contributed by atoms with E-state index in [4.69, 9.17) is 15.0 Å². The zero-order valence-corrected chi connectivity index (χ0v) is 28.3. The number of allylic oxidation sites excluding steroid dienone is 4. The molecule has 9 aromatic rings. The summed E-state index contributed by atoms with van der Waals surface area (Å²) in [5.41, 5.74) is 9.56. The highest BCUT2D eigenvalue weighted by Gasteiger charge is 2.18. The first-order valence-corrected chi connectivity index (χ1v) is 17.3. The lowest BCUT2D eigenvalue weighted by atomic mass is 10.0. The number of hydrogen-bond donors (Lipinski definition) is 0. The molecule has 5 heteroatoms. The van der Waals surface area contributed by atoms with E-state index in [1.807, 2.05) is 78.9 Å². The third-order valence-electron chi connectivity index (χ3n) is 9.38. The minimum atomic E-state index is 0.632. The lowest BCUT2D eigenvalue weighted by Crippen LogP contribution is -2.00. The summed E-state index contributed by atoms with van der Waals surface area (Å²) in [5.74, 6) is 1.92. The Morgan fingerprint density at radius 2 is 1.08 bits per heavy atom. The molecule has 0 radical (unpaired) electrons. The van der Waals surface area contributed by atoms with Crippen LogP contribution in [0.5, 0.6) is 0 Å². The molecule has 0 aliphatic rings. The summed E-state index contributed by atoms with van der Waals surface area (Å²) in [4.78, 5) is 14.8. The zero-order chi connectivity index (χ0) is 34.9. The van der Waals surface area contributed by atoms with Crippen molar-refractivity contribution in [2.75, 3.05) is 0 Å². The molecule has 52 heavy (non-hydrogen) atoms. The quantitative estimate of drug-likeness (QED) is 0.152. The highest BCUT2D eigenvalue weighted by molar-refractivity contribution is 6.18. The second kappa shape index (κ2) is 13.3. The number of benzene rings is 6. The van der Waals surface area contributed by atoms with Crippen LogP contribution in [0.4, 0.5) is 0 Å². The van der Waals surface area contributed by atoms with Crippen molar-refractivity contribution in [1.29, 1.82) is 0 Å². The largest absolute Gasteiger partial charge is 0.321 e. The fourth-order valence-electron chi connectivity index (χ4n) is 6.97. The van der Waals surface area contributed by atoms with Crippen LogP contribution in [0.2, 0.25) is 0 Å². The maximum Gasteiger partial charge on any atom is 0.164 e. The molecule has 0 aliphatic heterocycles. The maximum absolute atomic E-state index is 4.98. The van der Waals surface area contributed by atoms with Crippen molar-refractivity contribution >= 4 is 38.9 Å². The van der Waals surface area contributed by atoms with E-state index in [9.17, 15) is 0 Å². The molecule has 0 saturated heterocycles. The molecule has 9 rings (SSSR count). The van der Waals surface area contributed by atoms with Crippen LogP contribution in [0.1, 0.15) is 0 Å².